The summed E-state index contributed by atoms with van der Waals surface area (Å²) < 4.78 is 44.1. The monoisotopic (exact) mass is 290 g/mol. The van der Waals surface area contributed by atoms with Crippen LogP contribution < -0.4 is 10.9 Å². The van der Waals surface area contributed by atoms with E-state index in [-0.39, 0.29) is 12.6 Å². The third kappa shape index (κ3) is 4.08. The molecule has 0 spiro atoms. The molecular formula is C13H17F3N2O2. The zero-order valence-corrected chi connectivity index (χ0v) is 10.9. The summed E-state index contributed by atoms with van der Waals surface area (Å²) in [5.41, 5.74) is -1.24. The topological polar surface area (TPSA) is 43.3 Å². The van der Waals surface area contributed by atoms with Gasteiger partial charge < -0.3 is 14.6 Å². The smallest absolute Gasteiger partial charge is 0.377 e. The molecule has 0 bridgehead atoms. The minimum Gasteiger partial charge on any atom is -0.377 e. The fourth-order valence-corrected chi connectivity index (χ4v) is 2.14. The second-order valence-corrected chi connectivity index (χ2v) is 4.79. The molecule has 1 unspecified atom stereocenters. The number of hydrogen-bond donors (Lipinski definition) is 1. The van der Waals surface area contributed by atoms with E-state index >= 15 is 0 Å². The highest BCUT2D eigenvalue weighted by molar-refractivity contribution is 5.13. The van der Waals surface area contributed by atoms with E-state index in [1.54, 1.807) is 0 Å². The molecule has 0 aliphatic carbocycles. The van der Waals surface area contributed by atoms with Crippen molar-refractivity contribution in [3.8, 4) is 0 Å². The number of alkyl halides is 3. The largest absolute Gasteiger partial charge is 0.417 e. The van der Waals surface area contributed by atoms with Crippen LogP contribution in [0.4, 0.5) is 13.2 Å². The van der Waals surface area contributed by atoms with Gasteiger partial charge >= 0.3 is 6.18 Å². The van der Waals surface area contributed by atoms with Crippen LogP contribution in [0.2, 0.25) is 0 Å². The van der Waals surface area contributed by atoms with Gasteiger partial charge in [-0.1, -0.05) is 0 Å². The van der Waals surface area contributed by atoms with E-state index in [1.165, 1.54) is 0 Å². The number of pyridine rings is 1. The maximum absolute atomic E-state index is 12.5. The van der Waals surface area contributed by atoms with E-state index in [4.69, 9.17) is 4.74 Å². The third-order valence-corrected chi connectivity index (χ3v) is 3.24. The molecule has 1 fully saturated rings. The lowest BCUT2D eigenvalue weighted by molar-refractivity contribution is -0.138. The molecule has 4 nitrogen and oxygen atoms in total. The first-order chi connectivity index (χ1) is 9.47. The molecular weight excluding hydrogens is 273 g/mol. The van der Waals surface area contributed by atoms with E-state index in [2.05, 4.69) is 5.32 Å². The Morgan fingerprint density at radius 1 is 1.40 bits per heavy atom. The molecule has 112 valence electrons. The van der Waals surface area contributed by atoms with Gasteiger partial charge in [-0.15, -0.1) is 0 Å². The average molecular weight is 290 g/mol. The normalized spacial score (nSPS) is 19.4. The molecule has 2 heterocycles. The molecule has 0 radical (unpaired) electrons. The maximum atomic E-state index is 12.5. The zero-order valence-electron chi connectivity index (χ0n) is 10.9. The summed E-state index contributed by atoms with van der Waals surface area (Å²) in [5.74, 6) is 0. The Labute approximate surface area is 114 Å². The van der Waals surface area contributed by atoms with Crippen molar-refractivity contribution in [2.45, 2.75) is 31.7 Å². The molecule has 0 saturated carbocycles. The number of ether oxygens (including phenoxy) is 1. The van der Waals surface area contributed by atoms with Gasteiger partial charge in [-0.05, 0) is 18.9 Å². The molecule has 1 aromatic heterocycles. The quantitative estimate of drug-likeness (QED) is 0.838. The second kappa shape index (κ2) is 6.41. The average Bonchev–Trinajstić information content (AvgIpc) is 2.88. The Hall–Kier alpha value is -1.34. The molecule has 0 amide bonds. The Morgan fingerprint density at radius 2 is 2.20 bits per heavy atom. The van der Waals surface area contributed by atoms with Crippen LogP contribution in [0.25, 0.3) is 0 Å². The van der Waals surface area contributed by atoms with E-state index in [0.29, 0.717) is 13.1 Å². The molecule has 1 aromatic rings. The molecule has 1 aliphatic heterocycles. The Morgan fingerprint density at radius 3 is 2.85 bits per heavy atom. The molecule has 0 aromatic carbocycles. The first kappa shape index (κ1) is 15.1. The SMILES string of the molecule is O=c1ccc(C(F)(F)F)cn1CCNCC1CCCO1. The lowest BCUT2D eigenvalue weighted by Crippen LogP contribution is -2.31. The van der Waals surface area contributed by atoms with Crippen LogP contribution in [-0.2, 0) is 17.5 Å². The molecule has 1 saturated heterocycles. The van der Waals surface area contributed by atoms with Crippen LogP contribution in [0.15, 0.2) is 23.1 Å². The Kier molecular flexibility index (Phi) is 4.82. The van der Waals surface area contributed by atoms with Gasteiger partial charge in [0, 0.05) is 38.5 Å². The van der Waals surface area contributed by atoms with Gasteiger partial charge in [-0.3, -0.25) is 4.79 Å². The summed E-state index contributed by atoms with van der Waals surface area (Å²) >= 11 is 0. The number of aromatic nitrogens is 1. The van der Waals surface area contributed by atoms with Gasteiger partial charge in [0.15, 0.2) is 0 Å². The summed E-state index contributed by atoms with van der Waals surface area (Å²) in [6.45, 7) is 2.06. The lowest BCUT2D eigenvalue weighted by Gasteiger charge is -2.13. The zero-order chi connectivity index (χ0) is 14.6. The molecule has 1 atom stereocenters. The third-order valence-electron chi connectivity index (χ3n) is 3.24. The summed E-state index contributed by atoms with van der Waals surface area (Å²) in [4.78, 5) is 11.5. The molecule has 1 N–H and O–H groups in total. The van der Waals surface area contributed by atoms with Gasteiger partial charge in [-0.25, -0.2) is 0 Å². The van der Waals surface area contributed by atoms with Crippen LogP contribution in [0, 0.1) is 0 Å². The maximum Gasteiger partial charge on any atom is 0.417 e. The number of halogens is 3. The fraction of sp³-hybridized carbons (Fsp3) is 0.615. The first-order valence-corrected chi connectivity index (χ1v) is 6.57. The summed E-state index contributed by atoms with van der Waals surface area (Å²) in [6.07, 6.45) is -1.36. The molecule has 2 rings (SSSR count). The number of rotatable bonds is 5. The Bertz CT molecular complexity index is 493. The predicted octanol–water partition coefficient (Wildman–Crippen LogP) is 1.64. The van der Waals surface area contributed by atoms with E-state index in [1.807, 2.05) is 0 Å². The van der Waals surface area contributed by atoms with Crippen molar-refractivity contribution >= 4 is 0 Å². The van der Waals surface area contributed by atoms with Gasteiger partial charge in [0.2, 0.25) is 0 Å². The minimum absolute atomic E-state index is 0.174. The highest BCUT2D eigenvalue weighted by atomic mass is 19.4. The molecule has 20 heavy (non-hydrogen) atoms. The first-order valence-electron chi connectivity index (χ1n) is 6.57. The van der Waals surface area contributed by atoms with Crippen molar-refractivity contribution in [3.63, 3.8) is 0 Å². The van der Waals surface area contributed by atoms with Gasteiger partial charge in [0.1, 0.15) is 0 Å². The Balaban J connectivity index is 1.86. The fourth-order valence-electron chi connectivity index (χ4n) is 2.14. The lowest BCUT2D eigenvalue weighted by atomic mass is 10.2. The number of hydrogen-bond acceptors (Lipinski definition) is 3. The van der Waals surface area contributed by atoms with Crippen LogP contribution >= 0.6 is 0 Å². The van der Waals surface area contributed by atoms with Crippen molar-refractivity contribution in [1.29, 1.82) is 0 Å². The number of nitrogens with one attached hydrogen (secondary N) is 1. The van der Waals surface area contributed by atoms with Crippen LogP contribution in [0.1, 0.15) is 18.4 Å². The van der Waals surface area contributed by atoms with Crippen molar-refractivity contribution in [3.05, 3.63) is 34.2 Å². The summed E-state index contributed by atoms with van der Waals surface area (Å²) in [5, 5.41) is 3.10. The summed E-state index contributed by atoms with van der Waals surface area (Å²) in [7, 11) is 0. The van der Waals surface area contributed by atoms with E-state index in [0.717, 1.165) is 42.3 Å². The van der Waals surface area contributed by atoms with Crippen molar-refractivity contribution in [2.24, 2.45) is 0 Å². The van der Waals surface area contributed by atoms with Crippen LogP contribution in [0.5, 0.6) is 0 Å². The highest BCUT2D eigenvalue weighted by Gasteiger charge is 2.30. The standard InChI is InChI=1S/C13H17F3N2O2/c14-13(15,16)10-3-4-12(19)18(9-10)6-5-17-8-11-2-1-7-20-11/h3-4,9,11,17H,1-2,5-8H2. The highest BCUT2D eigenvalue weighted by Crippen LogP contribution is 2.27. The number of nitrogens with zero attached hydrogens (tertiary/aromatic N) is 1. The van der Waals surface area contributed by atoms with Gasteiger partial charge in [-0.2, -0.15) is 13.2 Å². The van der Waals surface area contributed by atoms with Crippen molar-refractivity contribution in [2.75, 3.05) is 19.7 Å². The van der Waals surface area contributed by atoms with Crippen LogP contribution in [-0.4, -0.2) is 30.4 Å². The van der Waals surface area contributed by atoms with Gasteiger partial charge in [0.05, 0.1) is 11.7 Å². The van der Waals surface area contributed by atoms with E-state index < -0.39 is 17.3 Å². The van der Waals surface area contributed by atoms with E-state index in [9.17, 15) is 18.0 Å². The predicted molar refractivity (Wildman–Crippen MR) is 67.5 cm³/mol. The van der Waals surface area contributed by atoms with Gasteiger partial charge in [0.25, 0.3) is 5.56 Å². The minimum atomic E-state index is -4.43. The second-order valence-electron chi connectivity index (χ2n) is 4.79. The van der Waals surface area contributed by atoms with Crippen LogP contribution in [0.3, 0.4) is 0 Å². The van der Waals surface area contributed by atoms with Crippen molar-refractivity contribution in [1.82, 2.24) is 9.88 Å². The molecule has 1 aliphatic rings. The van der Waals surface area contributed by atoms with Crippen molar-refractivity contribution < 1.29 is 17.9 Å². The summed E-state index contributed by atoms with van der Waals surface area (Å²) in [6, 6.07) is 1.75. The molecule has 7 heteroatoms.